The maximum atomic E-state index is 13.1. The number of amides is 2. The molecule has 2 aromatic rings. The van der Waals surface area contributed by atoms with Crippen molar-refractivity contribution in [2.24, 2.45) is 0 Å². The van der Waals surface area contributed by atoms with Crippen molar-refractivity contribution in [2.45, 2.75) is 13.0 Å². The van der Waals surface area contributed by atoms with Gasteiger partial charge in [0, 0.05) is 18.7 Å². The van der Waals surface area contributed by atoms with Crippen LogP contribution in [0, 0.1) is 12.7 Å². The molecule has 0 spiro atoms. The molecule has 0 bridgehead atoms. The molecule has 0 saturated carbocycles. The minimum absolute atomic E-state index is 0.194. The van der Waals surface area contributed by atoms with Gasteiger partial charge in [-0.05, 0) is 42.3 Å². The number of nitrogens with zero attached hydrogens (tertiary/aromatic N) is 1. The van der Waals surface area contributed by atoms with Gasteiger partial charge in [0.15, 0.2) is 0 Å². The predicted octanol–water partition coefficient (Wildman–Crippen LogP) is 2.45. The molecule has 5 heteroatoms. The van der Waals surface area contributed by atoms with E-state index in [0.29, 0.717) is 18.7 Å². The number of piperazine rings is 1. The summed E-state index contributed by atoms with van der Waals surface area (Å²) in [5, 5.41) is 2.81. The highest BCUT2D eigenvalue weighted by Crippen LogP contribution is 2.27. The monoisotopic (exact) mass is 312 g/mol. The van der Waals surface area contributed by atoms with Gasteiger partial charge >= 0.3 is 0 Å². The third-order valence-electron chi connectivity index (χ3n) is 4.05. The fourth-order valence-corrected chi connectivity index (χ4v) is 2.85. The molecule has 118 valence electrons. The van der Waals surface area contributed by atoms with Crippen LogP contribution < -0.4 is 5.32 Å². The van der Waals surface area contributed by atoms with Gasteiger partial charge < -0.3 is 10.2 Å². The highest BCUT2D eigenvalue weighted by molar-refractivity contribution is 5.98. The predicted molar refractivity (Wildman–Crippen MR) is 84.4 cm³/mol. The first-order valence-electron chi connectivity index (χ1n) is 7.47. The summed E-state index contributed by atoms with van der Waals surface area (Å²) in [6.07, 6.45) is 0. The molecule has 1 heterocycles. The second kappa shape index (κ2) is 6.20. The quantitative estimate of drug-likeness (QED) is 0.926. The minimum atomic E-state index is -0.664. The summed E-state index contributed by atoms with van der Waals surface area (Å²) in [4.78, 5) is 26.7. The van der Waals surface area contributed by atoms with Crippen molar-refractivity contribution < 1.29 is 14.0 Å². The zero-order valence-electron chi connectivity index (χ0n) is 12.8. The van der Waals surface area contributed by atoms with Gasteiger partial charge in [-0.1, -0.05) is 24.3 Å². The van der Waals surface area contributed by atoms with Crippen molar-refractivity contribution in [3.05, 3.63) is 71.0 Å². The summed E-state index contributed by atoms with van der Waals surface area (Å²) in [7, 11) is 0. The van der Waals surface area contributed by atoms with E-state index in [2.05, 4.69) is 5.32 Å². The second-order valence-corrected chi connectivity index (χ2v) is 5.56. The molecular weight excluding hydrogens is 295 g/mol. The number of hydrogen-bond acceptors (Lipinski definition) is 2. The Balaban J connectivity index is 1.98. The van der Waals surface area contributed by atoms with Gasteiger partial charge in [-0.2, -0.15) is 0 Å². The Morgan fingerprint density at radius 2 is 1.87 bits per heavy atom. The van der Waals surface area contributed by atoms with Crippen LogP contribution in [0.5, 0.6) is 0 Å². The van der Waals surface area contributed by atoms with E-state index in [1.54, 1.807) is 4.90 Å². The van der Waals surface area contributed by atoms with E-state index in [0.717, 1.165) is 11.1 Å². The molecule has 1 aliphatic heterocycles. The Kier molecular flexibility index (Phi) is 4.10. The van der Waals surface area contributed by atoms with E-state index in [1.165, 1.54) is 24.3 Å². The Labute approximate surface area is 133 Å². The SMILES string of the molecule is Cc1ccccc1C1C(=O)NCCN1C(=O)c1ccc(F)cc1. The Morgan fingerprint density at radius 3 is 2.57 bits per heavy atom. The van der Waals surface area contributed by atoms with Crippen LogP contribution in [0.4, 0.5) is 4.39 Å². The van der Waals surface area contributed by atoms with Crippen LogP contribution in [0.25, 0.3) is 0 Å². The van der Waals surface area contributed by atoms with Gasteiger partial charge in [-0.3, -0.25) is 9.59 Å². The number of aryl methyl sites for hydroxylation is 1. The minimum Gasteiger partial charge on any atom is -0.352 e. The lowest BCUT2D eigenvalue weighted by Gasteiger charge is -2.36. The molecule has 1 unspecified atom stereocenters. The van der Waals surface area contributed by atoms with Crippen LogP contribution in [0.3, 0.4) is 0 Å². The molecule has 0 aromatic heterocycles. The summed E-state index contributed by atoms with van der Waals surface area (Å²) < 4.78 is 13.1. The molecule has 3 rings (SSSR count). The Morgan fingerprint density at radius 1 is 1.17 bits per heavy atom. The molecule has 1 saturated heterocycles. The van der Waals surface area contributed by atoms with Gasteiger partial charge in [-0.15, -0.1) is 0 Å². The molecule has 1 aliphatic rings. The van der Waals surface area contributed by atoms with Crippen molar-refractivity contribution in [2.75, 3.05) is 13.1 Å². The lowest BCUT2D eigenvalue weighted by molar-refractivity contribution is -0.128. The highest BCUT2D eigenvalue weighted by Gasteiger charge is 2.35. The van der Waals surface area contributed by atoms with Gasteiger partial charge in [0.1, 0.15) is 11.9 Å². The molecule has 23 heavy (non-hydrogen) atoms. The van der Waals surface area contributed by atoms with Crippen molar-refractivity contribution >= 4 is 11.8 Å². The molecule has 1 fully saturated rings. The molecule has 1 N–H and O–H groups in total. The van der Waals surface area contributed by atoms with Crippen LogP contribution in [0.1, 0.15) is 27.5 Å². The summed E-state index contributed by atoms with van der Waals surface area (Å²) >= 11 is 0. The molecule has 2 aromatic carbocycles. The van der Waals surface area contributed by atoms with Crippen molar-refractivity contribution in [1.82, 2.24) is 10.2 Å². The Hall–Kier alpha value is -2.69. The average molecular weight is 312 g/mol. The average Bonchev–Trinajstić information content (AvgIpc) is 2.56. The molecule has 0 aliphatic carbocycles. The van der Waals surface area contributed by atoms with E-state index in [9.17, 15) is 14.0 Å². The molecule has 2 amide bonds. The topological polar surface area (TPSA) is 49.4 Å². The van der Waals surface area contributed by atoms with Gasteiger partial charge in [-0.25, -0.2) is 4.39 Å². The maximum absolute atomic E-state index is 13.1. The number of halogens is 1. The van der Waals surface area contributed by atoms with E-state index in [4.69, 9.17) is 0 Å². The largest absolute Gasteiger partial charge is 0.352 e. The zero-order chi connectivity index (χ0) is 16.4. The summed E-state index contributed by atoms with van der Waals surface area (Å²) in [5.74, 6) is -0.859. The molecule has 1 atom stereocenters. The number of carbonyl (C=O) groups is 2. The van der Waals surface area contributed by atoms with E-state index >= 15 is 0 Å². The first-order chi connectivity index (χ1) is 11.1. The summed E-state index contributed by atoms with van der Waals surface area (Å²) in [6.45, 7) is 2.74. The van der Waals surface area contributed by atoms with Crippen molar-refractivity contribution in [3.8, 4) is 0 Å². The fourth-order valence-electron chi connectivity index (χ4n) is 2.85. The fraction of sp³-hybridized carbons (Fsp3) is 0.222. The van der Waals surface area contributed by atoms with Gasteiger partial charge in [0.25, 0.3) is 5.91 Å². The molecular formula is C18H17FN2O2. The van der Waals surface area contributed by atoms with E-state index < -0.39 is 11.9 Å². The maximum Gasteiger partial charge on any atom is 0.254 e. The van der Waals surface area contributed by atoms with Crippen LogP contribution in [-0.4, -0.2) is 29.8 Å². The number of carbonyl (C=O) groups excluding carboxylic acids is 2. The molecule has 4 nitrogen and oxygen atoms in total. The summed E-state index contributed by atoms with van der Waals surface area (Å²) in [5.41, 5.74) is 2.13. The third-order valence-corrected chi connectivity index (χ3v) is 4.05. The number of benzene rings is 2. The lowest BCUT2D eigenvalue weighted by atomic mass is 9.97. The van der Waals surface area contributed by atoms with Crippen LogP contribution in [0.2, 0.25) is 0 Å². The third kappa shape index (κ3) is 2.95. The number of hydrogen-bond donors (Lipinski definition) is 1. The number of nitrogens with one attached hydrogen (secondary N) is 1. The van der Waals surface area contributed by atoms with Gasteiger partial charge in [0.2, 0.25) is 5.91 Å². The molecule has 0 radical (unpaired) electrons. The first-order valence-corrected chi connectivity index (χ1v) is 7.47. The Bertz CT molecular complexity index is 743. The number of rotatable bonds is 2. The lowest BCUT2D eigenvalue weighted by Crippen LogP contribution is -2.52. The smallest absolute Gasteiger partial charge is 0.254 e. The standard InChI is InChI=1S/C18H17FN2O2/c1-12-4-2-3-5-15(12)16-17(22)20-10-11-21(16)18(23)13-6-8-14(19)9-7-13/h2-9,16H,10-11H2,1H3,(H,20,22). The second-order valence-electron chi connectivity index (χ2n) is 5.56. The van der Waals surface area contributed by atoms with Crippen LogP contribution in [0.15, 0.2) is 48.5 Å². The normalized spacial score (nSPS) is 17.7. The van der Waals surface area contributed by atoms with E-state index in [1.807, 2.05) is 31.2 Å². The van der Waals surface area contributed by atoms with Crippen LogP contribution >= 0.6 is 0 Å². The zero-order valence-corrected chi connectivity index (χ0v) is 12.8. The van der Waals surface area contributed by atoms with Crippen LogP contribution in [-0.2, 0) is 4.79 Å². The van der Waals surface area contributed by atoms with Crippen molar-refractivity contribution in [3.63, 3.8) is 0 Å². The van der Waals surface area contributed by atoms with Crippen molar-refractivity contribution in [1.29, 1.82) is 0 Å². The van der Waals surface area contributed by atoms with Gasteiger partial charge in [0.05, 0.1) is 0 Å². The first kappa shape index (κ1) is 15.2. The summed E-state index contributed by atoms with van der Waals surface area (Å²) in [6, 6.07) is 12.2. The van der Waals surface area contributed by atoms with E-state index in [-0.39, 0.29) is 11.8 Å². The highest BCUT2D eigenvalue weighted by atomic mass is 19.1.